The number of ether oxygens (including phenoxy) is 1. The van der Waals surface area contributed by atoms with Crippen LogP contribution in [0.3, 0.4) is 0 Å². The Kier molecular flexibility index (Phi) is 5.37. The average molecular weight is 289 g/mol. The van der Waals surface area contributed by atoms with Gasteiger partial charge < -0.3 is 4.74 Å². The summed E-state index contributed by atoms with van der Waals surface area (Å²) in [5.74, 6) is -0.203. The van der Waals surface area contributed by atoms with E-state index < -0.39 is 12.2 Å². The minimum atomic E-state index is -0.661. The minimum Gasteiger partial charge on any atom is -0.435 e. The summed E-state index contributed by atoms with van der Waals surface area (Å²) in [6.07, 6.45) is 3.24. The zero-order valence-electron chi connectivity index (χ0n) is 12.8. The zero-order chi connectivity index (χ0) is 15.2. The van der Waals surface area contributed by atoms with E-state index in [0.717, 1.165) is 31.2 Å². The van der Waals surface area contributed by atoms with Gasteiger partial charge in [-0.2, -0.15) is 0 Å². The Morgan fingerprint density at radius 1 is 1.05 bits per heavy atom. The van der Waals surface area contributed by atoms with Crippen LogP contribution in [0.4, 0.5) is 4.79 Å². The third-order valence-electron chi connectivity index (χ3n) is 3.72. The number of nitrogens with zero attached hydrogens (tertiary/aromatic N) is 1. The van der Waals surface area contributed by atoms with E-state index in [9.17, 15) is 9.59 Å². The number of carbonyl (C=O) groups is 2. The van der Waals surface area contributed by atoms with Crippen LogP contribution in [-0.4, -0.2) is 29.5 Å². The van der Waals surface area contributed by atoms with Crippen molar-refractivity contribution in [1.29, 1.82) is 0 Å². The monoisotopic (exact) mass is 289 g/mol. The van der Waals surface area contributed by atoms with E-state index in [1.165, 1.54) is 10.5 Å². The number of aryl methyl sites for hydroxylation is 1. The molecule has 0 saturated carbocycles. The second-order valence-corrected chi connectivity index (χ2v) is 5.49. The van der Waals surface area contributed by atoms with Crippen molar-refractivity contribution in [2.45, 2.75) is 52.1 Å². The molecule has 4 nitrogen and oxygen atoms in total. The summed E-state index contributed by atoms with van der Waals surface area (Å²) in [5, 5.41) is 0. The zero-order valence-corrected chi connectivity index (χ0v) is 12.8. The molecule has 0 aromatic heterocycles. The molecule has 0 bridgehead atoms. The first kappa shape index (κ1) is 15.5. The first-order chi connectivity index (χ1) is 10.2. The SMILES string of the molecule is CCCCN1C(=O)OC(Cc2ccc(CCC)cc2)C1=O. The highest BCUT2D eigenvalue weighted by Crippen LogP contribution is 2.18. The van der Waals surface area contributed by atoms with Gasteiger partial charge in [-0.3, -0.25) is 4.79 Å². The van der Waals surface area contributed by atoms with Crippen molar-refractivity contribution in [2.24, 2.45) is 0 Å². The topological polar surface area (TPSA) is 46.6 Å². The average Bonchev–Trinajstić information content (AvgIpc) is 2.74. The highest BCUT2D eigenvalue weighted by atomic mass is 16.6. The predicted molar refractivity (Wildman–Crippen MR) is 81.0 cm³/mol. The van der Waals surface area contributed by atoms with Crippen molar-refractivity contribution in [1.82, 2.24) is 4.90 Å². The molecule has 2 amide bonds. The van der Waals surface area contributed by atoms with E-state index in [0.29, 0.717) is 13.0 Å². The van der Waals surface area contributed by atoms with E-state index in [1.807, 2.05) is 19.1 Å². The largest absolute Gasteiger partial charge is 0.435 e. The second kappa shape index (κ2) is 7.25. The Hall–Kier alpha value is -1.84. The van der Waals surface area contributed by atoms with Crippen molar-refractivity contribution >= 4 is 12.0 Å². The molecule has 1 unspecified atom stereocenters. The Morgan fingerprint density at radius 2 is 1.71 bits per heavy atom. The number of hydrogen-bond acceptors (Lipinski definition) is 3. The Bertz CT molecular complexity index is 495. The molecule has 1 fully saturated rings. The molecule has 1 aromatic carbocycles. The molecule has 21 heavy (non-hydrogen) atoms. The Balaban J connectivity index is 1.96. The van der Waals surface area contributed by atoms with E-state index in [2.05, 4.69) is 19.1 Å². The number of rotatable bonds is 7. The normalized spacial score (nSPS) is 18.2. The van der Waals surface area contributed by atoms with Gasteiger partial charge in [0.15, 0.2) is 6.10 Å². The van der Waals surface area contributed by atoms with Gasteiger partial charge in [0.1, 0.15) is 0 Å². The third kappa shape index (κ3) is 3.84. The molecule has 1 aliphatic rings. The molecule has 0 N–H and O–H groups in total. The minimum absolute atomic E-state index is 0.203. The molecule has 1 aromatic rings. The summed E-state index contributed by atoms with van der Waals surface area (Å²) in [6.45, 7) is 4.64. The molecule has 4 heteroatoms. The van der Waals surface area contributed by atoms with Crippen LogP contribution in [0, 0.1) is 0 Å². The van der Waals surface area contributed by atoms with Crippen molar-refractivity contribution in [2.75, 3.05) is 6.54 Å². The second-order valence-electron chi connectivity index (χ2n) is 5.49. The van der Waals surface area contributed by atoms with Crippen molar-refractivity contribution in [3.63, 3.8) is 0 Å². The molecule has 0 radical (unpaired) electrons. The van der Waals surface area contributed by atoms with Crippen molar-refractivity contribution < 1.29 is 14.3 Å². The lowest BCUT2D eigenvalue weighted by atomic mass is 10.0. The van der Waals surface area contributed by atoms with Gasteiger partial charge in [-0.15, -0.1) is 0 Å². The van der Waals surface area contributed by atoms with Gasteiger partial charge >= 0.3 is 6.09 Å². The lowest BCUT2D eigenvalue weighted by Crippen LogP contribution is -2.33. The highest BCUT2D eigenvalue weighted by Gasteiger charge is 2.39. The van der Waals surface area contributed by atoms with Gasteiger partial charge in [0.2, 0.25) is 0 Å². The summed E-state index contributed by atoms with van der Waals surface area (Å²) in [6, 6.07) is 8.19. The maximum absolute atomic E-state index is 12.2. The Morgan fingerprint density at radius 3 is 2.33 bits per heavy atom. The van der Waals surface area contributed by atoms with Gasteiger partial charge in [-0.05, 0) is 24.0 Å². The molecule has 0 spiro atoms. The van der Waals surface area contributed by atoms with Gasteiger partial charge in [0.25, 0.3) is 5.91 Å². The number of benzene rings is 1. The fourth-order valence-electron chi connectivity index (χ4n) is 2.49. The molecular formula is C17H23NO3. The van der Waals surface area contributed by atoms with Gasteiger partial charge in [0.05, 0.1) is 0 Å². The fourth-order valence-corrected chi connectivity index (χ4v) is 2.49. The molecule has 1 atom stereocenters. The van der Waals surface area contributed by atoms with E-state index >= 15 is 0 Å². The molecule has 0 aliphatic carbocycles. The van der Waals surface area contributed by atoms with Crippen LogP contribution in [0.25, 0.3) is 0 Å². The van der Waals surface area contributed by atoms with Gasteiger partial charge in [-0.1, -0.05) is 51.0 Å². The number of cyclic esters (lactones) is 1. The first-order valence-electron chi connectivity index (χ1n) is 7.75. The van der Waals surface area contributed by atoms with Crippen LogP contribution in [0.1, 0.15) is 44.2 Å². The van der Waals surface area contributed by atoms with Crippen LogP contribution < -0.4 is 0 Å². The van der Waals surface area contributed by atoms with Crippen LogP contribution in [0.5, 0.6) is 0 Å². The summed E-state index contributed by atoms with van der Waals surface area (Å²) >= 11 is 0. The number of imide groups is 1. The van der Waals surface area contributed by atoms with Gasteiger partial charge in [-0.25, -0.2) is 9.69 Å². The Labute approximate surface area is 126 Å². The number of carbonyl (C=O) groups excluding carboxylic acids is 2. The summed E-state index contributed by atoms with van der Waals surface area (Å²) in [4.78, 5) is 25.1. The summed E-state index contributed by atoms with van der Waals surface area (Å²) in [5.41, 5.74) is 2.32. The van der Waals surface area contributed by atoms with E-state index in [-0.39, 0.29) is 5.91 Å². The maximum Gasteiger partial charge on any atom is 0.417 e. The molecule has 1 heterocycles. The molecule has 1 aliphatic heterocycles. The fraction of sp³-hybridized carbons (Fsp3) is 0.529. The molecule has 114 valence electrons. The predicted octanol–water partition coefficient (Wildman–Crippen LogP) is 3.33. The number of amides is 2. The van der Waals surface area contributed by atoms with Gasteiger partial charge in [0, 0.05) is 13.0 Å². The lowest BCUT2D eigenvalue weighted by molar-refractivity contribution is -0.129. The maximum atomic E-state index is 12.2. The number of hydrogen-bond donors (Lipinski definition) is 0. The van der Waals surface area contributed by atoms with Crippen molar-refractivity contribution in [3.05, 3.63) is 35.4 Å². The van der Waals surface area contributed by atoms with Crippen LogP contribution >= 0.6 is 0 Å². The van der Waals surface area contributed by atoms with E-state index in [1.54, 1.807) is 0 Å². The smallest absolute Gasteiger partial charge is 0.417 e. The summed E-state index contributed by atoms with van der Waals surface area (Å²) in [7, 11) is 0. The van der Waals surface area contributed by atoms with Crippen LogP contribution in [0.15, 0.2) is 24.3 Å². The standard InChI is InChI=1S/C17H23NO3/c1-3-5-11-18-16(19)15(21-17(18)20)12-14-9-7-13(6-4-2)8-10-14/h7-10,15H,3-6,11-12H2,1-2H3. The summed E-state index contributed by atoms with van der Waals surface area (Å²) < 4.78 is 5.20. The van der Waals surface area contributed by atoms with Crippen molar-refractivity contribution in [3.8, 4) is 0 Å². The number of unbranched alkanes of at least 4 members (excludes halogenated alkanes) is 1. The molecule has 2 rings (SSSR count). The lowest BCUT2D eigenvalue weighted by Gasteiger charge is -2.10. The highest BCUT2D eigenvalue weighted by molar-refractivity contribution is 6.00. The quantitative estimate of drug-likeness (QED) is 0.773. The first-order valence-corrected chi connectivity index (χ1v) is 7.75. The third-order valence-corrected chi connectivity index (χ3v) is 3.72. The molecular weight excluding hydrogens is 266 g/mol. The van der Waals surface area contributed by atoms with E-state index in [4.69, 9.17) is 4.74 Å². The molecule has 1 saturated heterocycles. The van der Waals surface area contributed by atoms with Crippen LogP contribution in [-0.2, 0) is 22.4 Å². The van der Waals surface area contributed by atoms with Crippen LogP contribution in [0.2, 0.25) is 0 Å².